The summed E-state index contributed by atoms with van der Waals surface area (Å²) in [7, 11) is -3.91. The van der Waals surface area contributed by atoms with E-state index in [1.807, 2.05) is 11.6 Å². The zero-order valence-corrected chi connectivity index (χ0v) is 15.4. The lowest BCUT2D eigenvalue weighted by atomic mass is 10.2. The first kappa shape index (κ1) is 19.2. The molecule has 0 radical (unpaired) electrons. The maximum absolute atomic E-state index is 12.1. The van der Waals surface area contributed by atoms with E-state index in [0.717, 1.165) is 5.56 Å². The van der Waals surface area contributed by atoms with Gasteiger partial charge in [0.25, 0.3) is 5.91 Å². The van der Waals surface area contributed by atoms with Gasteiger partial charge < -0.3 is 9.67 Å². The number of aryl methyl sites for hydroxylation is 1. The van der Waals surface area contributed by atoms with Crippen molar-refractivity contribution in [3.63, 3.8) is 0 Å². The highest BCUT2D eigenvalue weighted by molar-refractivity contribution is 7.88. The van der Waals surface area contributed by atoms with Crippen molar-refractivity contribution in [3.8, 4) is 5.75 Å². The third-order valence-corrected chi connectivity index (χ3v) is 4.75. The van der Waals surface area contributed by atoms with Gasteiger partial charge in [-0.15, -0.1) is 0 Å². The summed E-state index contributed by atoms with van der Waals surface area (Å²) in [6.07, 6.45) is 2.05. The van der Waals surface area contributed by atoms with Gasteiger partial charge in [-0.05, 0) is 31.0 Å². The molecule has 0 unspecified atom stereocenters. The summed E-state index contributed by atoms with van der Waals surface area (Å²) in [6, 6.07) is 4.59. The van der Waals surface area contributed by atoms with E-state index in [1.54, 1.807) is 17.6 Å². The second-order valence-corrected chi connectivity index (χ2v) is 7.31. The van der Waals surface area contributed by atoms with Crippen molar-refractivity contribution in [1.82, 2.24) is 19.0 Å². The van der Waals surface area contributed by atoms with E-state index in [4.69, 9.17) is 11.6 Å². The highest BCUT2D eigenvalue weighted by atomic mass is 35.5. The summed E-state index contributed by atoms with van der Waals surface area (Å²) in [6.45, 7) is 4.06. The number of amides is 1. The largest absolute Gasteiger partial charge is 0.508 e. The molecular formula is C15H19ClN4O4S. The minimum Gasteiger partial charge on any atom is -0.508 e. The van der Waals surface area contributed by atoms with Crippen molar-refractivity contribution in [2.75, 3.05) is 6.54 Å². The molecular weight excluding hydrogens is 368 g/mol. The van der Waals surface area contributed by atoms with Crippen LogP contribution < -0.4 is 9.44 Å². The molecule has 0 spiro atoms. The van der Waals surface area contributed by atoms with Crippen LogP contribution in [0.15, 0.2) is 24.4 Å². The fourth-order valence-electron chi connectivity index (χ4n) is 2.07. The van der Waals surface area contributed by atoms with Crippen molar-refractivity contribution in [3.05, 3.63) is 46.5 Å². The smallest absolute Gasteiger partial charge is 0.301 e. The van der Waals surface area contributed by atoms with Gasteiger partial charge in [0.05, 0.1) is 6.54 Å². The Labute approximate surface area is 151 Å². The first-order valence-corrected chi connectivity index (χ1v) is 9.41. The summed E-state index contributed by atoms with van der Waals surface area (Å²) in [5, 5.41) is 9.77. The molecule has 0 saturated heterocycles. The van der Waals surface area contributed by atoms with Crippen molar-refractivity contribution < 1.29 is 18.3 Å². The normalized spacial score (nSPS) is 11.5. The van der Waals surface area contributed by atoms with E-state index in [-0.39, 0.29) is 18.0 Å². The topological polar surface area (TPSA) is 113 Å². The fraction of sp³-hybridized carbons (Fsp3) is 0.333. The number of aromatic hydroxyl groups is 1. The van der Waals surface area contributed by atoms with E-state index in [9.17, 15) is 18.3 Å². The Hall–Kier alpha value is -2.10. The Morgan fingerprint density at radius 1 is 1.40 bits per heavy atom. The van der Waals surface area contributed by atoms with Crippen LogP contribution in [0.25, 0.3) is 0 Å². The number of nitrogens with zero attached hydrogens (tertiary/aromatic N) is 2. The molecule has 25 heavy (non-hydrogen) atoms. The van der Waals surface area contributed by atoms with Crippen LogP contribution in [-0.4, -0.2) is 35.5 Å². The average molecular weight is 387 g/mol. The van der Waals surface area contributed by atoms with Crippen LogP contribution in [-0.2, 0) is 16.8 Å². The quantitative estimate of drug-likeness (QED) is 0.668. The van der Waals surface area contributed by atoms with Crippen molar-refractivity contribution in [2.45, 2.75) is 26.8 Å². The van der Waals surface area contributed by atoms with Crippen LogP contribution in [0.1, 0.15) is 35.2 Å². The number of nitrogens with one attached hydrogen (secondary N) is 2. The Balaban J connectivity index is 2.15. The van der Waals surface area contributed by atoms with Crippen molar-refractivity contribution in [2.24, 2.45) is 0 Å². The Morgan fingerprint density at radius 2 is 2.12 bits per heavy atom. The highest BCUT2D eigenvalue weighted by Crippen LogP contribution is 2.22. The van der Waals surface area contributed by atoms with Gasteiger partial charge in [0.15, 0.2) is 0 Å². The van der Waals surface area contributed by atoms with Gasteiger partial charge >= 0.3 is 10.2 Å². The molecule has 0 aliphatic carbocycles. The lowest BCUT2D eigenvalue weighted by Gasteiger charge is -2.07. The lowest BCUT2D eigenvalue weighted by Crippen LogP contribution is -2.40. The number of phenols is 1. The van der Waals surface area contributed by atoms with Gasteiger partial charge in [0.1, 0.15) is 17.3 Å². The molecule has 2 rings (SSSR count). The van der Waals surface area contributed by atoms with Crippen LogP contribution in [0.4, 0.5) is 0 Å². The maximum atomic E-state index is 12.1. The molecule has 0 atom stereocenters. The standard InChI is InChI=1S/C15H19ClN4O4S/c1-3-6-17-25(23,24)19-15(22)14-9-20(10(2)18-14)8-11-4-5-12(21)7-13(11)16/h4-5,7,9,17,21H,3,6,8H2,1-2H3,(H,19,22). The molecule has 0 fully saturated rings. The third-order valence-electron chi connectivity index (χ3n) is 3.36. The van der Waals surface area contributed by atoms with Gasteiger partial charge in [0, 0.05) is 17.8 Å². The molecule has 0 aliphatic heterocycles. The van der Waals surface area contributed by atoms with Crippen molar-refractivity contribution in [1.29, 1.82) is 0 Å². The molecule has 1 amide bonds. The van der Waals surface area contributed by atoms with Gasteiger partial charge in [-0.1, -0.05) is 24.6 Å². The molecule has 8 nitrogen and oxygen atoms in total. The number of hydrogen-bond acceptors (Lipinski definition) is 5. The molecule has 136 valence electrons. The molecule has 3 N–H and O–H groups in total. The Kier molecular flexibility index (Phi) is 6.04. The summed E-state index contributed by atoms with van der Waals surface area (Å²) in [5.74, 6) is -0.239. The summed E-state index contributed by atoms with van der Waals surface area (Å²) in [4.78, 5) is 16.2. The van der Waals surface area contributed by atoms with Crippen LogP contribution in [0.5, 0.6) is 5.75 Å². The Morgan fingerprint density at radius 3 is 2.76 bits per heavy atom. The molecule has 1 aromatic heterocycles. The van der Waals surface area contributed by atoms with E-state index >= 15 is 0 Å². The monoisotopic (exact) mass is 386 g/mol. The molecule has 1 heterocycles. The minimum absolute atomic E-state index is 0.0192. The maximum Gasteiger partial charge on any atom is 0.301 e. The van der Waals surface area contributed by atoms with Gasteiger partial charge in [-0.3, -0.25) is 4.79 Å². The number of aromatic nitrogens is 2. The first-order valence-electron chi connectivity index (χ1n) is 7.54. The zero-order chi connectivity index (χ0) is 18.6. The van der Waals surface area contributed by atoms with E-state index < -0.39 is 16.1 Å². The van der Waals surface area contributed by atoms with E-state index in [0.29, 0.717) is 23.8 Å². The summed E-state index contributed by atoms with van der Waals surface area (Å²) < 4.78 is 29.3. The number of carbonyl (C=O) groups is 1. The average Bonchev–Trinajstić information content (AvgIpc) is 2.89. The molecule has 2 aromatic rings. The number of rotatable bonds is 7. The third kappa shape index (κ3) is 5.18. The number of imidazole rings is 1. The molecule has 1 aromatic carbocycles. The van der Waals surface area contributed by atoms with E-state index in [1.165, 1.54) is 18.3 Å². The minimum atomic E-state index is -3.91. The Bertz CT molecular complexity index is 880. The molecule has 0 saturated carbocycles. The summed E-state index contributed by atoms with van der Waals surface area (Å²) in [5.41, 5.74) is 0.707. The predicted octanol–water partition coefficient (Wildman–Crippen LogP) is 1.57. The zero-order valence-electron chi connectivity index (χ0n) is 13.8. The SMILES string of the molecule is CCCNS(=O)(=O)NC(=O)c1cn(Cc2ccc(O)cc2Cl)c(C)n1. The fourth-order valence-corrected chi connectivity index (χ4v) is 3.20. The number of halogens is 1. The van der Waals surface area contributed by atoms with Crippen molar-refractivity contribution >= 4 is 27.7 Å². The first-order chi connectivity index (χ1) is 11.7. The van der Waals surface area contributed by atoms with Gasteiger partial charge in [-0.25, -0.2) is 9.71 Å². The molecule has 10 heteroatoms. The number of hydrogen-bond donors (Lipinski definition) is 3. The van der Waals surface area contributed by atoms with Crippen LogP contribution >= 0.6 is 11.6 Å². The van der Waals surface area contributed by atoms with Crippen LogP contribution in [0.2, 0.25) is 5.02 Å². The van der Waals surface area contributed by atoms with Gasteiger partial charge in [0.2, 0.25) is 0 Å². The second-order valence-electron chi connectivity index (χ2n) is 5.41. The lowest BCUT2D eigenvalue weighted by molar-refractivity contribution is 0.0976. The number of carbonyl (C=O) groups excluding carboxylic acids is 1. The van der Waals surface area contributed by atoms with Gasteiger partial charge in [-0.2, -0.15) is 13.1 Å². The highest BCUT2D eigenvalue weighted by Gasteiger charge is 2.18. The molecule has 0 aliphatic rings. The number of phenolic OH excluding ortho intramolecular Hbond substituents is 1. The van der Waals surface area contributed by atoms with E-state index in [2.05, 4.69) is 9.71 Å². The van der Waals surface area contributed by atoms with Crippen LogP contribution in [0, 0.1) is 6.92 Å². The molecule has 0 bridgehead atoms. The van der Waals surface area contributed by atoms with Crippen LogP contribution in [0.3, 0.4) is 0 Å². The second kappa shape index (κ2) is 7.85. The predicted molar refractivity (Wildman–Crippen MR) is 93.9 cm³/mol. The number of benzene rings is 1. The summed E-state index contributed by atoms with van der Waals surface area (Å²) >= 11 is 6.08.